The molecule has 1 aliphatic rings. The first-order valence-electron chi connectivity index (χ1n) is 5.47. The summed E-state index contributed by atoms with van der Waals surface area (Å²) in [5.74, 6) is 1.51. The zero-order chi connectivity index (χ0) is 11.0. The van der Waals surface area contributed by atoms with E-state index in [-0.39, 0.29) is 5.25 Å². The fourth-order valence-electron chi connectivity index (χ4n) is 1.99. The van der Waals surface area contributed by atoms with E-state index in [0.29, 0.717) is 5.78 Å². The van der Waals surface area contributed by atoms with Crippen LogP contribution in [0, 0.1) is 0 Å². The van der Waals surface area contributed by atoms with Crippen LogP contribution in [0.15, 0.2) is 17.5 Å². The molecule has 2 aromatic rings. The summed E-state index contributed by atoms with van der Waals surface area (Å²) < 4.78 is 2.52. The maximum absolute atomic E-state index is 12.3. The minimum absolute atomic E-state index is 0.224. The predicted molar refractivity (Wildman–Crippen MR) is 74.1 cm³/mol. The molecular weight excluding hydrogens is 256 g/mol. The maximum Gasteiger partial charge on any atom is 0.185 e. The first kappa shape index (κ1) is 10.8. The molecule has 0 aliphatic carbocycles. The number of thioether (sulfide) groups is 1. The number of hydrogen-bond acceptors (Lipinski definition) is 4. The van der Waals surface area contributed by atoms with Crippen LogP contribution < -0.4 is 0 Å². The summed E-state index contributed by atoms with van der Waals surface area (Å²) in [5, 5.41) is 2.31. The van der Waals surface area contributed by atoms with Crippen molar-refractivity contribution in [3.8, 4) is 0 Å². The SMILES string of the molecule is O=C(c1cc2sccc2s1)C1CCCCS1. The van der Waals surface area contributed by atoms with Gasteiger partial charge in [-0.1, -0.05) is 6.42 Å². The summed E-state index contributed by atoms with van der Waals surface area (Å²) in [6.45, 7) is 0. The molecule has 0 amide bonds. The Morgan fingerprint density at radius 2 is 2.25 bits per heavy atom. The van der Waals surface area contributed by atoms with Gasteiger partial charge in [-0.05, 0) is 36.1 Å². The van der Waals surface area contributed by atoms with Gasteiger partial charge in [0.1, 0.15) is 0 Å². The van der Waals surface area contributed by atoms with Gasteiger partial charge in [0, 0.05) is 9.40 Å². The highest BCUT2D eigenvalue weighted by atomic mass is 32.2. The second-order valence-corrected chi connectivity index (χ2v) is 7.32. The second kappa shape index (κ2) is 4.51. The van der Waals surface area contributed by atoms with E-state index in [0.717, 1.165) is 17.1 Å². The van der Waals surface area contributed by atoms with Crippen LogP contribution >= 0.6 is 34.4 Å². The van der Waals surface area contributed by atoms with Crippen molar-refractivity contribution in [2.24, 2.45) is 0 Å². The van der Waals surface area contributed by atoms with Crippen LogP contribution in [0.5, 0.6) is 0 Å². The van der Waals surface area contributed by atoms with Crippen LogP contribution in [-0.4, -0.2) is 16.8 Å². The van der Waals surface area contributed by atoms with E-state index >= 15 is 0 Å². The quantitative estimate of drug-likeness (QED) is 0.749. The van der Waals surface area contributed by atoms with E-state index in [1.807, 2.05) is 11.8 Å². The molecule has 4 heteroatoms. The molecule has 1 nitrogen and oxygen atoms in total. The third-order valence-electron chi connectivity index (χ3n) is 2.85. The zero-order valence-electron chi connectivity index (χ0n) is 8.77. The Hall–Kier alpha value is -0.320. The summed E-state index contributed by atoms with van der Waals surface area (Å²) in [5.41, 5.74) is 0. The average molecular weight is 268 g/mol. The molecule has 1 saturated heterocycles. The van der Waals surface area contributed by atoms with Crippen LogP contribution in [0.4, 0.5) is 0 Å². The topological polar surface area (TPSA) is 17.1 Å². The van der Waals surface area contributed by atoms with Crippen LogP contribution in [0.25, 0.3) is 9.40 Å². The molecule has 0 bridgehead atoms. The molecule has 1 atom stereocenters. The average Bonchev–Trinajstić information content (AvgIpc) is 2.89. The molecule has 3 heterocycles. The van der Waals surface area contributed by atoms with Gasteiger partial charge in [-0.15, -0.1) is 22.7 Å². The number of hydrogen-bond donors (Lipinski definition) is 0. The number of ketones is 1. The number of fused-ring (bicyclic) bond motifs is 1. The number of carbonyl (C=O) groups excluding carboxylic acids is 1. The van der Waals surface area contributed by atoms with Crippen LogP contribution in [-0.2, 0) is 0 Å². The Morgan fingerprint density at radius 1 is 1.31 bits per heavy atom. The number of Topliss-reactive ketones (excluding diaryl/α,β-unsaturated/α-hetero) is 1. The lowest BCUT2D eigenvalue weighted by molar-refractivity contribution is 0.0989. The van der Waals surface area contributed by atoms with Crippen molar-refractivity contribution in [3.63, 3.8) is 0 Å². The van der Waals surface area contributed by atoms with E-state index in [1.165, 1.54) is 22.2 Å². The van der Waals surface area contributed by atoms with Crippen molar-refractivity contribution in [1.29, 1.82) is 0 Å². The van der Waals surface area contributed by atoms with Gasteiger partial charge < -0.3 is 0 Å². The minimum Gasteiger partial charge on any atom is -0.292 e. The van der Waals surface area contributed by atoms with Crippen molar-refractivity contribution in [1.82, 2.24) is 0 Å². The predicted octanol–water partition coefficient (Wildman–Crippen LogP) is 4.43. The van der Waals surface area contributed by atoms with E-state index in [2.05, 4.69) is 17.5 Å². The van der Waals surface area contributed by atoms with Crippen LogP contribution in [0.1, 0.15) is 28.9 Å². The van der Waals surface area contributed by atoms with Gasteiger partial charge in [-0.3, -0.25) is 4.79 Å². The Labute approximate surface area is 107 Å². The van der Waals surface area contributed by atoms with Crippen molar-refractivity contribution in [3.05, 3.63) is 22.4 Å². The van der Waals surface area contributed by atoms with E-state index in [9.17, 15) is 4.79 Å². The molecule has 1 unspecified atom stereocenters. The van der Waals surface area contributed by atoms with Gasteiger partial charge in [0.2, 0.25) is 0 Å². The van der Waals surface area contributed by atoms with Gasteiger partial charge in [0.05, 0.1) is 10.1 Å². The summed E-state index contributed by atoms with van der Waals surface area (Å²) >= 11 is 5.22. The number of rotatable bonds is 2. The molecule has 2 aromatic heterocycles. The largest absolute Gasteiger partial charge is 0.292 e. The smallest absolute Gasteiger partial charge is 0.185 e. The van der Waals surface area contributed by atoms with E-state index in [4.69, 9.17) is 0 Å². The van der Waals surface area contributed by atoms with Gasteiger partial charge >= 0.3 is 0 Å². The molecule has 0 radical (unpaired) electrons. The normalized spacial score (nSPS) is 21.4. The highest BCUT2D eigenvalue weighted by Gasteiger charge is 2.24. The molecule has 1 aliphatic heterocycles. The summed E-state index contributed by atoms with van der Waals surface area (Å²) in [6.07, 6.45) is 3.55. The van der Waals surface area contributed by atoms with Gasteiger partial charge in [0.25, 0.3) is 0 Å². The van der Waals surface area contributed by atoms with Crippen LogP contribution in [0.2, 0.25) is 0 Å². The van der Waals surface area contributed by atoms with Crippen molar-refractivity contribution < 1.29 is 4.79 Å². The first-order chi connectivity index (χ1) is 7.84. The molecule has 3 rings (SSSR count). The third kappa shape index (κ3) is 1.94. The maximum atomic E-state index is 12.3. The monoisotopic (exact) mass is 268 g/mol. The second-order valence-electron chi connectivity index (χ2n) is 3.98. The number of thiophene rings is 2. The zero-order valence-corrected chi connectivity index (χ0v) is 11.2. The lowest BCUT2D eigenvalue weighted by atomic mass is 10.1. The number of carbonyl (C=O) groups is 1. The Bertz CT molecular complexity index is 477. The molecular formula is C12H12OS3. The molecule has 0 N–H and O–H groups in total. The minimum atomic E-state index is 0.224. The van der Waals surface area contributed by atoms with Crippen LogP contribution in [0.3, 0.4) is 0 Å². The standard InChI is InChI=1S/C12H12OS3/c13-12(9-3-1-2-5-14-9)11-7-10-8(16-11)4-6-15-10/h4,6-7,9H,1-3,5H2. The van der Waals surface area contributed by atoms with Crippen molar-refractivity contribution >= 4 is 49.6 Å². The lowest BCUT2D eigenvalue weighted by Gasteiger charge is -2.18. The fraction of sp³-hybridized carbons (Fsp3) is 0.417. The highest BCUT2D eigenvalue weighted by molar-refractivity contribution is 8.00. The molecule has 84 valence electrons. The molecule has 0 saturated carbocycles. The Kier molecular flexibility index (Phi) is 3.05. The molecule has 1 fully saturated rings. The van der Waals surface area contributed by atoms with Crippen molar-refractivity contribution in [2.75, 3.05) is 5.75 Å². The van der Waals surface area contributed by atoms with Crippen molar-refractivity contribution in [2.45, 2.75) is 24.5 Å². The summed E-state index contributed by atoms with van der Waals surface area (Å²) in [4.78, 5) is 13.2. The molecule has 16 heavy (non-hydrogen) atoms. The van der Waals surface area contributed by atoms with Gasteiger partial charge in [-0.2, -0.15) is 11.8 Å². The highest BCUT2D eigenvalue weighted by Crippen LogP contribution is 2.34. The summed E-state index contributed by atoms with van der Waals surface area (Å²) in [7, 11) is 0. The Morgan fingerprint density at radius 3 is 3.00 bits per heavy atom. The van der Waals surface area contributed by atoms with Gasteiger partial charge in [-0.25, -0.2) is 0 Å². The third-order valence-corrected chi connectivity index (χ3v) is 6.34. The van der Waals surface area contributed by atoms with E-state index < -0.39 is 0 Å². The Balaban J connectivity index is 1.86. The van der Waals surface area contributed by atoms with Gasteiger partial charge in [0.15, 0.2) is 5.78 Å². The lowest BCUT2D eigenvalue weighted by Crippen LogP contribution is -2.19. The van der Waals surface area contributed by atoms with E-state index in [1.54, 1.807) is 22.7 Å². The summed E-state index contributed by atoms with van der Waals surface area (Å²) in [6, 6.07) is 4.18. The first-order valence-corrected chi connectivity index (χ1v) is 8.22. The molecule has 0 spiro atoms. The fourth-order valence-corrected chi connectivity index (χ4v) is 5.44. The molecule has 0 aromatic carbocycles.